The molecule has 0 aromatic heterocycles. The van der Waals surface area contributed by atoms with Crippen LogP contribution in [0.15, 0.2) is 102 Å². The largest absolute Gasteiger partial charge is 0.486 e. The number of rotatable bonds is 11. The third-order valence-corrected chi connectivity index (χ3v) is 9.54. The molecule has 3 atom stereocenters. The average molecular weight is 664 g/mol. The Hall–Kier alpha value is -4.09. The van der Waals surface area contributed by atoms with E-state index in [1.54, 1.807) is 30.0 Å². The van der Waals surface area contributed by atoms with Crippen LogP contribution in [0, 0.1) is 5.92 Å². The Bertz CT molecular complexity index is 1740. The van der Waals surface area contributed by atoms with Gasteiger partial charge in [-0.2, -0.15) is 0 Å². The first kappa shape index (κ1) is 33.3. The van der Waals surface area contributed by atoms with Gasteiger partial charge in [0, 0.05) is 30.6 Å². The third-order valence-electron chi connectivity index (χ3n) is 7.91. The van der Waals surface area contributed by atoms with Gasteiger partial charge in [-0.1, -0.05) is 54.9 Å². The summed E-state index contributed by atoms with van der Waals surface area (Å²) in [5.74, 6) is 1.15. The van der Waals surface area contributed by atoms with Crippen LogP contribution < -0.4 is 14.2 Å². The fourth-order valence-corrected chi connectivity index (χ4v) is 6.52. The molecular formula is C35H38ClN3O6S. The molecule has 0 aliphatic carbocycles. The van der Waals surface area contributed by atoms with Gasteiger partial charge in [-0.15, -0.1) is 0 Å². The van der Waals surface area contributed by atoms with Crippen LogP contribution in [0.2, 0.25) is 5.02 Å². The highest BCUT2D eigenvalue weighted by Gasteiger charge is 2.35. The maximum Gasteiger partial charge on any atom is 0.262 e. The number of fused-ring (bicyclic) bond motifs is 1. The smallest absolute Gasteiger partial charge is 0.262 e. The highest BCUT2D eigenvalue weighted by atomic mass is 35.5. The minimum Gasteiger partial charge on any atom is -0.486 e. The van der Waals surface area contributed by atoms with Gasteiger partial charge in [-0.25, -0.2) is 8.42 Å². The molecule has 242 valence electrons. The molecule has 0 saturated carbocycles. The molecule has 1 aliphatic heterocycles. The number of hydrogen-bond donors (Lipinski definition) is 2. The number of likely N-dealkylation sites (N-methyl/N-ethyl adjacent to an activating group) is 1. The van der Waals surface area contributed by atoms with E-state index in [1.807, 2.05) is 68.6 Å². The first-order valence-electron chi connectivity index (χ1n) is 15.0. The Kier molecular flexibility index (Phi) is 10.5. The zero-order valence-electron chi connectivity index (χ0n) is 26.0. The van der Waals surface area contributed by atoms with Crippen molar-refractivity contribution in [3.63, 3.8) is 0 Å². The van der Waals surface area contributed by atoms with Crippen LogP contribution in [-0.2, 0) is 16.6 Å². The lowest BCUT2D eigenvalue weighted by atomic mass is 9.99. The van der Waals surface area contributed by atoms with Crippen molar-refractivity contribution >= 4 is 33.2 Å². The normalized spacial score (nSPS) is 17.4. The van der Waals surface area contributed by atoms with Crippen LogP contribution in [0.5, 0.6) is 17.2 Å². The number of para-hydroxylation sites is 2. The molecule has 0 bridgehead atoms. The van der Waals surface area contributed by atoms with Gasteiger partial charge < -0.3 is 19.5 Å². The van der Waals surface area contributed by atoms with Gasteiger partial charge in [-0.05, 0) is 80.2 Å². The number of sulfonamides is 1. The van der Waals surface area contributed by atoms with Crippen molar-refractivity contribution in [3.05, 3.63) is 113 Å². The molecule has 1 heterocycles. The summed E-state index contributed by atoms with van der Waals surface area (Å²) in [5, 5.41) is 10.4. The van der Waals surface area contributed by atoms with Crippen molar-refractivity contribution in [3.8, 4) is 17.2 Å². The molecule has 2 N–H and O–H groups in total. The molecule has 0 fully saturated rings. The molecule has 0 spiro atoms. The number of anilines is 1. The van der Waals surface area contributed by atoms with Crippen molar-refractivity contribution in [1.82, 2.24) is 9.80 Å². The summed E-state index contributed by atoms with van der Waals surface area (Å²) in [6.45, 7) is 5.01. The summed E-state index contributed by atoms with van der Waals surface area (Å²) in [6, 6.07) is 27.6. The SMILES string of the molecule is C[C@@H]1CN([C@H](C)CO)C(=O)c2cccc(NS(=O)(=O)c3ccc(Cl)cc3)c2O[C@H]1CN(C)Cc1ccc(Oc2ccccc2)cc1. The van der Waals surface area contributed by atoms with E-state index >= 15 is 0 Å². The number of ether oxygens (including phenoxy) is 2. The molecule has 1 aliphatic rings. The van der Waals surface area contributed by atoms with Crippen LogP contribution in [0.25, 0.3) is 0 Å². The van der Waals surface area contributed by atoms with E-state index in [1.165, 1.54) is 24.3 Å². The summed E-state index contributed by atoms with van der Waals surface area (Å²) >= 11 is 5.97. The van der Waals surface area contributed by atoms with E-state index in [-0.39, 0.29) is 40.3 Å². The van der Waals surface area contributed by atoms with Crippen molar-refractivity contribution in [1.29, 1.82) is 0 Å². The molecule has 9 nitrogen and oxygen atoms in total. The quantitative estimate of drug-likeness (QED) is 0.194. The number of hydrogen-bond acceptors (Lipinski definition) is 7. The van der Waals surface area contributed by atoms with E-state index in [2.05, 4.69) is 9.62 Å². The molecule has 0 radical (unpaired) electrons. The van der Waals surface area contributed by atoms with Crippen LogP contribution in [0.1, 0.15) is 29.8 Å². The number of carbonyl (C=O) groups is 1. The molecule has 5 rings (SSSR count). The number of carbonyl (C=O) groups excluding carboxylic acids is 1. The monoisotopic (exact) mass is 663 g/mol. The zero-order chi connectivity index (χ0) is 32.8. The Morgan fingerprint density at radius 3 is 2.35 bits per heavy atom. The maximum absolute atomic E-state index is 13.8. The van der Waals surface area contributed by atoms with Crippen LogP contribution in [-0.4, -0.2) is 68.1 Å². The van der Waals surface area contributed by atoms with E-state index in [9.17, 15) is 18.3 Å². The highest BCUT2D eigenvalue weighted by Crippen LogP contribution is 2.36. The number of nitrogens with zero attached hydrogens (tertiary/aromatic N) is 2. The predicted octanol–water partition coefficient (Wildman–Crippen LogP) is 6.29. The molecule has 1 amide bonds. The highest BCUT2D eigenvalue weighted by molar-refractivity contribution is 7.92. The molecule has 0 saturated heterocycles. The summed E-state index contributed by atoms with van der Waals surface area (Å²) in [5.41, 5.74) is 1.43. The van der Waals surface area contributed by atoms with Crippen molar-refractivity contribution in [2.75, 3.05) is 31.5 Å². The number of aliphatic hydroxyl groups excluding tert-OH is 1. The zero-order valence-corrected chi connectivity index (χ0v) is 27.5. The summed E-state index contributed by atoms with van der Waals surface area (Å²) in [4.78, 5) is 17.6. The number of nitrogens with one attached hydrogen (secondary N) is 1. The molecule has 0 unspecified atom stereocenters. The van der Waals surface area contributed by atoms with Gasteiger partial charge in [-0.3, -0.25) is 14.4 Å². The lowest BCUT2D eigenvalue weighted by molar-refractivity contribution is 0.0344. The third kappa shape index (κ3) is 8.00. The van der Waals surface area contributed by atoms with E-state index < -0.39 is 22.2 Å². The molecule has 4 aromatic rings. The van der Waals surface area contributed by atoms with Gasteiger partial charge in [0.25, 0.3) is 15.9 Å². The Balaban J connectivity index is 1.39. The standard InChI is InChI=1S/C35H38ClN3O6S/c1-24-20-39(25(2)23-40)35(41)31-10-7-11-32(37-46(42,43)30-18-14-27(36)15-19-30)34(31)45-33(24)22-38(3)21-26-12-16-29(17-13-26)44-28-8-5-4-6-9-28/h4-19,24-25,33,37,40H,20-23H2,1-3H3/t24-,25-,33+/m1/s1. The van der Waals surface area contributed by atoms with Crippen molar-refractivity contribution < 1.29 is 27.8 Å². The Morgan fingerprint density at radius 1 is 1.00 bits per heavy atom. The number of aliphatic hydroxyl groups is 1. The predicted molar refractivity (Wildman–Crippen MR) is 179 cm³/mol. The summed E-state index contributed by atoms with van der Waals surface area (Å²) in [6.07, 6.45) is -0.424. The first-order valence-corrected chi connectivity index (χ1v) is 16.9. The van der Waals surface area contributed by atoms with Crippen LogP contribution in [0.3, 0.4) is 0 Å². The van der Waals surface area contributed by atoms with Gasteiger partial charge in [0.1, 0.15) is 17.6 Å². The summed E-state index contributed by atoms with van der Waals surface area (Å²) in [7, 11) is -2.04. The number of amides is 1. The van der Waals surface area contributed by atoms with E-state index in [0.717, 1.165) is 17.1 Å². The van der Waals surface area contributed by atoms with Gasteiger partial charge in [0.2, 0.25) is 0 Å². The van der Waals surface area contributed by atoms with E-state index in [0.29, 0.717) is 24.7 Å². The van der Waals surface area contributed by atoms with Gasteiger partial charge >= 0.3 is 0 Å². The molecular weight excluding hydrogens is 626 g/mol. The number of halogens is 1. The van der Waals surface area contributed by atoms with E-state index in [4.69, 9.17) is 21.1 Å². The molecule has 4 aromatic carbocycles. The van der Waals surface area contributed by atoms with Crippen molar-refractivity contribution in [2.24, 2.45) is 5.92 Å². The molecule has 46 heavy (non-hydrogen) atoms. The van der Waals surface area contributed by atoms with Crippen LogP contribution in [0.4, 0.5) is 5.69 Å². The Labute approximate surface area is 275 Å². The average Bonchev–Trinajstić information content (AvgIpc) is 3.04. The fourth-order valence-electron chi connectivity index (χ4n) is 5.33. The Morgan fingerprint density at radius 2 is 1.67 bits per heavy atom. The second-order valence-electron chi connectivity index (χ2n) is 11.6. The maximum atomic E-state index is 13.8. The van der Waals surface area contributed by atoms with Gasteiger partial charge in [0.05, 0.1) is 28.8 Å². The number of benzene rings is 4. The topological polar surface area (TPSA) is 108 Å². The first-order chi connectivity index (χ1) is 22.0. The fraction of sp³-hybridized carbons (Fsp3) is 0.286. The minimum atomic E-state index is -4.03. The van der Waals surface area contributed by atoms with Crippen molar-refractivity contribution in [2.45, 2.75) is 37.4 Å². The lowest BCUT2D eigenvalue weighted by Gasteiger charge is -2.38. The van der Waals surface area contributed by atoms with Gasteiger partial charge in [0.15, 0.2) is 5.75 Å². The second kappa shape index (κ2) is 14.6. The molecule has 11 heteroatoms. The summed E-state index contributed by atoms with van der Waals surface area (Å²) < 4.78 is 41.8. The van der Waals surface area contributed by atoms with Crippen LogP contribution >= 0.6 is 11.6 Å². The lowest BCUT2D eigenvalue weighted by Crippen LogP contribution is -2.49. The minimum absolute atomic E-state index is 0.0204. The second-order valence-corrected chi connectivity index (χ2v) is 13.7.